The fourth-order valence-electron chi connectivity index (χ4n) is 6.46. The molecule has 5 rings (SSSR count). The predicted octanol–water partition coefficient (Wildman–Crippen LogP) is 2.37. The number of nitrogens with zero attached hydrogens (tertiary/aromatic N) is 6. The normalized spacial score (nSPS) is 27.1. The highest BCUT2D eigenvalue weighted by molar-refractivity contribution is 5.78. The van der Waals surface area contributed by atoms with E-state index in [0.29, 0.717) is 25.3 Å². The number of rotatable bonds is 8. The number of amides is 2. The number of urea groups is 1. The molecule has 0 atom stereocenters. The van der Waals surface area contributed by atoms with E-state index in [1.165, 1.54) is 17.4 Å². The molecule has 0 unspecified atom stereocenters. The monoisotopic (exact) mass is 510 g/mol. The number of methoxy groups -OCH3 is 1. The lowest BCUT2D eigenvalue weighted by Crippen LogP contribution is -2.59. The highest BCUT2D eigenvalue weighted by Gasteiger charge is 2.56. The molecule has 10 heteroatoms. The molecule has 1 spiro atoms. The molecule has 1 N–H and O–H groups in total. The molecule has 1 aliphatic heterocycles. The summed E-state index contributed by atoms with van der Waals surface area (Å²) in [7, 11) is 5.62. The van der Waals surface area contributed by atoms with Crippen molar-refractivity contribution in [1.82, 2.24) is 29.7 Å². The molecule has 2 aromatic rings. The number of carbonyl (C=O) groups is 2. The van der Waals surface area contributed by atoms with Crippen LogP contribution in [-0.2, 0) is 28.2 Å². The zero-order valence-electron chi connectivity index (χ0n) is 22.1. The Morgan fingerprint density at radius 2 is 1.81 bits per heavy atom. The highest BCUT2D eigenvalue weighted by atomic mass is 16.5. The van der Waals surface area contributed by atoms with Crippen molar-refractivity contribution in [2.75, 3.05) is 34.3 Å². The second-order valence-electron chi connectivity index (χ2n) is 11.3. The SMILES string of the molecule is COC(=O)Cn1cc(CN2C[C@]3(CC[C@](c4ccccc4)(N(C)C)CC3)N(CC3(O)CCC3)C2=O)nn1. The molecule has 2 aliphatic carbocycles. The largest absolute Gasteiger partial charge is 0.468 e. The maximum absolute atomic E-state index is 13.8. The van der Waals surface area contributed by atoms with Gasteiger partial charge in [-0.15, -0.1) is 5.10 Å². The van der Waals surface area contributed by atoms with Crippen LogP contribution in [-0.4, -0.2) is 92.2 Å². The Bertz CT molecular complexity index is 1120. The van der Waals surface area contributed by atoms with Crippen LogP contribution < -0.4 is 0 Å². The lowest BCUT2D eigenvalue weighted by Gasteiger charge is -2.52. The van der Waals surface area contributed by atoms with Crippen molar-refractivity contribution in [1.29, 1.82) is 0 Å². The van der Waals surface area contributed by atoms with Gasteiger partial charge in [-0.1, -0.05) is 35.5 Å². The first kappa shape index (κ1) is 25.7. The molecule has 0 bridgehead atoms. The topological polar surface area (TPSA) is 104 Å². The minimum Gasteiger partial charge on any atom is -0.468 e. The number of β-amino-alcohol motifs (C(OH)–C–C–N with tert-alkyl or cyclic N) is 1. The Hall–Kier alpha value is -2.98. The summed E-state index contributed by atoms with van der Waals surface area (Å²) in [5.74, 6) is -0.405. The fourth-order valence-corrected chi connectivity index (χ4v) is 6.46. The first-order chi connectivity index (χ1) is 17.7. The van der Waals surface area contributed by atoms with Crippen LogP contribution in [0.5, 0.6) is 0 Å². The summed E-state index contributed by atoms with van der Waals surface area (Å²) in [5, 5.41) is 19.3. The van der Waals surface area contributed by atoms with Crippen molar-refractivity contribution in [3.05, 3.63) is 47.8 Å². The van der Waals surface area contributed by atoms with Crippen molar-refractivity contribution in [2.24, 2.45) is 0 Å². The van der Waals surface area contributed by atoms with Crippen LogP contribution >= 0.6 is 0 Å². The number of aliphatic hydroxyl groups is 1. The van der Waals surface area contributed by atoms with E-state index < -0.39 is 11.6 Å². The molecule has 2 heterocycles. The van der Waals surface area contributed by atoms with Gasteiger partial charge in [-0.2, -0.15) is 0 Å². The van der Waals surface area contributed by atoms with Gasteiger partial charge in [0, 0.05) is 12.1 Å². The van der Waals surface area contributed by atoms with Crippen LogP contribution in [0.25, 0.3) is 0 Å². The van der Waals surface area contributed by atoms with Gasteiger partial charge in [0.25, 0.3) is 0 Å². The van der Waals surface area contributed by atoms with Gasteiger partial charge in [-0.25, -0.2) is 9.48 Å². The maximum Gasteiger partial charge on any atom is 0.327 e. The van der Waals surface area contributed by atoms with Gasteiger partial charge in [0.15, 0.2) is 0 Å². The third-order valence-electron chi connectivity index (χ3n) is 8.93. The number of carbonyl (C=O) groups excluding carboxylic acids is 2. The van der Waals surface area contributed by atoms with E-state index >= 15 is 0 Å². The first-order valence-corrected chi connectivity index (χ1v) is 13.2. The van der Waals surface area contributed by atoms with Crippen LogP contribution in [0.2, 0.25) is 0 Å². The maximum atomic E-state index is 13.8. The van der Waals surface area contributed by atoms with E-state index in [9.17, 15) is 14.7 Å². The number of esters is 1. The van der Waals surface area contributed by atoms with Crippen LogP contribution in [0, 0.1) is 0 Å². The molecule has 2 saturated carbocycles. The number of ether oxygens (including phenoxy) is 1. The fraction of sp³-hybridized carbons (Fsp3) is 0.630. The van der Waals surface area contributed by atoms with Gasteiger partial charge in [0.05, 0.1) is 37.5 Å². The second-order valence-corrected chi connectivity index (χ2v) is 11.3. The van der Waals surface area contributed by atoms with Crippen molar-refractivity contribution in [3.63, 3.8) is 0 Å². The van der Waals surface area contributed by atoms with E-state index in [1.807, 2.05) is 15.9 Å². The number of hydrogen-bond acceptors (Lipinski definition) is 7. The molecular formula is C27H38N6O4. The number of aromatic nitrogens is 3. The second kappa shape index (κ2) is 9.72. The molecule has 37 heavy (non-hydrogen) atoms. The van der Waals surface area contributed by atoms with Crippen molar-refractivity contribution < 1.29 is 19.4 Å². The minimum absolute atomic E-state index is 0.0212. The van der Waals surface area contributed by atoms with Crippen molar-refractivity contribution in [3.8, 4) is 0 Å². The molecule has 1 aromatic heterocycles. The Balaban J connectivity index is 1.38. The molecule has 3 aliphatic rings. The lowest BCUT2D eigenvalue weighted by atomic mass is 9.67. The summed E-state index contributed by atoms with van der Waals surface area (Å²) in [6.07, 6.45) is 7.72. The van der Waals surface area contributed by atoms with Crippen molar-refractivity contribution >= 4 is 12.0 Å². The lowest BCUT2D eigenvalue weighted by molar-refractivity contribution is -0.141. The molecule has 200 valence electrons. The Kier molecular flexibility index (Phi) is 6.74. The summed E-state index contributed by atoms with van der Waals surface area (Å²) in [4.78, 5) is 31.5. The Morgan fingerprint density at radius 1 is 1.11 bits per heavy atom. The van der Waals surface area contributed by atoms with Gasteiger partial charge in [-0.05, 0) is 64.6 Å². The first-order valence-electron chi connectivity index (χ1n) is 13.2. The Labute approximate surface area is 218 Å². The van der Waals surface area contributed by atoms with Gasteiger partial charge < -0.3 is 19.6 Å². The minimum atomic E-state index is -0.794. The molecule has 0 radical (unpaired) electrons. The van der Waals surface area contributed by atoms with E-state index in [1.54, 1.807) is 6.20 Å². The third-order valence-corrected chi connectivity index (χ3v) is 8.93. The zero-order valence-corrected chi connectivity index (χ0v) is 22.1. The number of benzene rings is 1. The Morgan fingerprint density at radius 3 is 2.41 bits per heavy atom. The van der Waals surface area contributed by atoms with Gasteiger partial charge in [0.1, 0.15) is 12.2 Å². The van der Waals surface area contributed by atoms with Gasteiger partial charge in [-0.3, -0.25) is 9.69 Å². The summed E-state index contributed by atoms with van der Waals surface area (Å²) in [6, 6.07) is 10.6. The predicted molar refractivity (Wildman–Crippen MR) is 136 cm³/mol. The third kappa shape index (κ3) is 4.72. The summed E-state index contributed by atoms with van der Waals surface area (Å²) in [5.41, 5.74) is 0.719. The molecule has 2 amide bonds. The molecule has 3 fully saturated rings. The van der Waals surface area contributed by atoms with Crippen LogP contribution in [0.1, 0.15) is 56.2 Å². The zero-order chi connectivity index (χ0) is 26.3. The van der Waals surface area contributed by atoms with E-state index in [-0.39, 0.29) is 23.7 Å². The van der Waals surface area contributed by atoms with Gasteiger partial charge >= 0.3 is 12.0 Å². The standard InChI is InChI=1S/C27H38N6O4/c1-30(2)27(21-8-5-4-6-9-21)14-12-25(13-15-27)19-31(24(35)33(25)20-26(36)10-7-11-26)16-22-17-32(29-28-22)18-23(34)37-3/h4-6,8-9,17,36H,7,10-16,18-20H2,1-3H3/t25-,27+. The van der Waals surface area contributed by atoms with Crippen molar-refractivity contribution in [2.45, 2.75) is 74.7 Å². The number of hydrogen-bond donors (Lipinski definition) is 1. The highest BCUT2D eigenvalue weighted by Crippen LogP contribution is 2.50. The van der Waals surface area contributed by atoms with E-state index in [2.05, 4.69) is 53.6 Å². The molecular weight excluding hydrogens is 472 g/mol. The smallest absolute Gasteiger partial charge is 0.327 e. The summed E-state index contributed by atoms with van der Waals surface area (Å²) < 4.78 is 6.13. The summed E-state index contributed by atoms with van der Waals surface area (Å²) >= 11 is 0. The molecule has 1 aromatic carbocycles. The summed E-state index contributed by atoms with van der Waals surface area (Å²) in [6.45, 7) is 1.25. The van der Waals surface area contributed by atoms with E-state index in [0.717, 1.165) is 44.9 Å². The van der Waals surface area contributed by atoms with Crippen LogP contribution in [0.4, 0.5) is 4.79 Å². The van der Waals surface area contributed by atoms with E-state index in [4.69, 9.17) is 4.74 Å². The van der Waals surface area contributed by atoms with Gasteiger partial charge in [0.2, 0.25) is 0 Å². The van der Waals surface area contributed by atoms with Crippen LogP contribution in [0.3, 0.4) is 0 Å². The molecule has 1 saturated heterocycles. The quantitative estimate of drug-likeness (QED) is 0.544. The average Bonchev–Trinajstić information content (AvgIpc) is 3.41. The average molecular weight is 511 g/mol. The van der Waals surface area contributed by atoms with Crippen LogP contribution in [0.15, 0.2) is 36.5 Å². The molecule has 10 nitrogen and oxygen atoms in total.